The molecule has 0 aromatic heterocycles. The van der Waals surface area contributed by atoms with Gasteiger partial charge in [0.25, 0.3) is 0 Å². The van der Waals surface area contributed by atoms with Gasteiger partial charge < -0.3 is 9.64 Å². The van der Waals surface area contributed by atoms with Gasteiger partial charge >= 0.3 is 0 Å². The largest absolute Gasteiger partial charge is 0.354 e. The van der Waals surface area contributed by atoms with E-state index >= 15 is 0 Å². The Kier molecular flexibility index (Phi) is 1.88. The van der Waals surface area contributed by atoms with Crippen molar-refractivity contribution >= 4 is 5.91 Å². The third-order valence-electron chi connectivity index (χ3n) is 3.21. The molecule has 0 N–H and O–H groups in total. The Morgan fingerprint density at radius 2 is 2.31 bits per heavy atom. The normalized spacial score (nSPS) is 36.8. The van der Waals surface area contributed by atoms with Crippen LogP contribution in [0.25, 0.3) is 0 Å². The van der Waals surface area contributed by atoms with Gasteiger partial charge in [-0.2, -0.15) is 0 Å². The molecule has 0 radical (unpaired) electrons. The molecule has 3 heteroatoms. The van der Waals surface area contributed by atoms with Crippen molar-refractivity contribution in [3.8, 4) is 0 Å². The Bertz CT molecular complexity index is 237. The molecule has 0 aromatic rings. The summed E-state index contributed by atoms with van der Waals surface area (Å²) in [5, 5.41) is 0. The van der Waals surface area contributed by atoms with E-state index < -0.39 is 0 Å². The first-order valence-corrected chi connectivity index (χ1v) is 5.03. The average molecular weight is 183 g/mol. The first kappa shape index (κ1) is 9.00. The molecule has 0 aromatic carbocycles. The maximum atomic E-state index is 11.9. The second-order valence-electron chi connectivity index (χ2n) is 4.46. The third kappa shape index (κ3) is 1.17. The molecule has 2 aliphatic rings. The minimum atomic E-state index is -0.369. The number of carbonyl (C=O) groups is 1. The molecule has 2 heterocycles. The van der Waals surface area contributed by atoms with E-state index in [4.69, 9.17) is 4.74 Å². The van der Waals surface area contributed by atoms with Crippen LogP contribution in [-0.2, 0) is 9.53 Å². The van der Waals surface area contributed by atoms with Crippen LogP contribution >= 0.6 is 0 Å². The minimum absolute atomic E-state index is 0.244. The number of ether oxygens (including phenoxy) is 1. The van der Waals surface area contributed by atoms with Gasteiger partial charge in [-0.3, -0.25) is 4.79 Å². The van der Waals surface area contributed by atoms with Crippen LogP contribution < -0.4 is 0 Å². The molecule has 13 heavy (non-hydrogen) atoms. The predicted molar refractivity (Wildman–Crippen MR) is 49.1 cm³/mol. The Morgan fingerprint density at radius 3 is 2.85 bits per heavy atom. The Morgan fingerprint density at radius 1 is 1.62 bits per heavy atom. The molecule has 2 rings (SSSR count). The van der Waals surface area contributed by atoms with Crippen molar-refractivity contribution in [3.05, 3.63) is 0 Å². The molecule has 2 fully saturated rings. The minimum Gasteiger partial charge on any atom is -0.354 e. The highest BCUT2D eigenvalue weighted by Crippen LogP contribution is 2.38. The van der Waals surface area contributed by atoms with Gasteiger partial charge in [0, 0.05) is 5.92 Å². The van der Waals surface area contributed by atoms with Crippen molar-refractivity contribution in [2.45, 2.75) is 45.4 Å². The summed E-state index contributed by atoms with van der Waals surface area (Å²) in [4.78, 5) is 13.8. The fourth-order valence-corrected chi connectivity index (χ4v) is 2.47. The monoisotopic (exact) mass is 183 g/mol. The molecule has 0 aliphatic carbocycles. The van der Waals surface area contributed by atoms with Crippen LogP contribution in [0.2, 0.25) is 0 Å². The van der Waals surface area contributed by atoms with Crippen molar-refractivity contribution in [2.24, 2.45) is 5.92 Å². The zero-order chi connectivity index (χ0) is 9.64. The Hall–Kier alpha value is -0.570. The molecule has 2 atom stereocenters. The summed E-state index contributed by atoms with van der Waals surface area (Å²) >= 11 is 0. The fourth-order valence-electron chi connectivity index (χ4n) is 2.47. The van der Waals surface area contributed by atoms with Crippen molar-refractivity contribution in [2.75, 3.05) is 6.61 Å². The summed E-state index contributed by atoms with van der Waals surface area (Å²) in [6, 6.07) is 0.340. The summed E-state index contributed by atoms with van der Waals surface area (Å²) in [5.74, 6) is 0.531. The van der Waals surface area contributed by atoms with E-state index in [1.165, 1.54) is 0 Å². The topological polar surface area (TPSA) is 29.5 Å². The lowest BCUT2D eigenvalue weighted by atomic mass is 10.0. The molecule has 1 amide bonds. The molecule has 0 spiro atoms. The fraction of sp³-hybridized carbons (Fsp3) is 0.900. The molecule has 0 unspecified atom stereocenters. The zero-order valence-corrected chi connectivity index (χ0v) is 8.54. The highest BCUT2D eigenvalue weighted by atomic mass is 16.5. The van der Waals surface area contributed by atoms with Gasteiger partial charge in [0.1, 0.15) is 5.72 Å². The standard InChI is InChI=1S/C10H17NO2/c1-4-7-5-8-6-13-10(2,3)11(8)9(7)12/h7-8H,4-6H2,1-3H3/t7-,8-/m0/s1. The van der Waals surface area contributed by atoms with E-state index in [0.717, 1.165) is 19.4 Å². The van der Waals surface area contributed by atoms with Gasteiger partial charge in [0.05, 0.1) is 12.6 Å². The number of nitrogens with zero attached hydrogens (tertiary/aromatic N) is 1. The lowest BCUT2D eigenvalue weighted by molar-refractivity contribution is -0.144. The molecule has 0 saturated carbocycles. The van der Waals surface area contributed by atoms with Crippen LogP contribution in [0.3, 0.4) is 0 Å². The predicted octanol–water partition coefficient (Wildman–Crippen LogP) is 1.38. The van der Waals surface area contributed by atoms with Gasteiger partial charge in [-0.25, -0.2) is 0 Å². The number of amides is 1. The number of hydrogen-bond donors (Lipinski definition) is 0. The first-order chi connectivity index (χ1) is 6.06. The summed E-state index contributed by atoms with van der Waals surface area (Å²) in [5.41, 5.74) is -0.369. The second-order valence-corrected chi connectivity index (χ2v) is 4.46. The van der Waals surface area contributed by atoms with Crippen LogP contribution in [0.15, 0.2) is 0 Å². The molecular formula is C10H17NO2. The van der Waals surface area contributed by atoms with Crippen LogP contribution in [0.5, 0.6) is 0 Å². The lowest BCUT2D eigenvalue weighted by Crippen LogP contribution is -2.44. The zero-order valence-electron chi connectivity index (χ0n) is 8.54. The molecule has 2 aliphatic heterocycles. The SMILES string of the molecule is CC[C@H]1C[C@H]2COC(C)(C)N2C1=O. The van der Waals surface area contributed by atoms with E-state index in [0.29, 0.717) is 6.04 Å². The molecule has 3 nitrogen and oxygen atoms in total. The van der Waals surface area contributed by atoms with Gasteiger partial charge in [-0.15, -0.1) is 0 Å². The van der Waals surface area contributed by atoms with Gasteiger partial charge in [-0.1, -0.05) is 6.92 Å². The van der Waals surface area contributed by atoms with Crippen LogP contribution in [0.1, 0.15) is 33.6 Å². The van der Waals surface area contributed by atoms with Crippen molar-refractivity contribution < 1.29 is 9.53 Å². The van der Waals surface area contributed by atoms with E-state index in [2.05, 4.69) is 6.92 Å². The number of fused-ring (bicyclic) bond motifs is 1. The maximum absolute atomic E-state index is 11.9. The molecule has 74 valence electrons. The molecule has 2 saturated heterocycles. The lowest BCUT2D eigenvalue weighted by Gasteiger charge is -2.29. The van der Waals surface area contributed by atoms with E-state index in [1.807, 2.05) is 18.7 Å². The summed E-state index contributed by atoms with van der Waals surface area (Å²) in [7, 11) is 0. The smallest absolute Gasteiger partial charge is 0.228 e. The summed E-state index contributed by atoms with van der Waals surface area (Å²) < 4.78 is 5.58. The average Bonchev–Trinajstić information content (AvgIpc) is 2.52. The number of carbonyl (C=O) groups excluding carboxylic acids is 1. The highest BCUT2D eigenvalue weighted by Gasteiger charge is 2.50. The van der Waals surface area contributed by atoms with E-state index in [-0.39, 0.29) is 17.6 Å². The summed E-state index contributed by atoms with van der Waals surface area (Å²) in [6.07, 6.45) is 1.95. The number of rotatable bonds is 1. The first-order valence-electron chi connectivity index (χ1n) is 5.03. The highest BCUT2D eigenvalue weighted by molar-refractivity contribution is 5.82. The van der Waals surface area contributed by atoms with Crippen LogP contribution in [0.4, 0.5) is 0 Å². The van der Waals surface area contributed by atoms with Gasteiger partial charge in [0.2, 0.25) is 5.91 Å². The Balaban J connectivity index is 2.22. The van der Waals surface area contributed by atoms with Crippen LogP contribution in [-0.4, -0.2) is 29.2 Å². The third-order valence-corrected chi connectivity index (χ3v) is 3.21. The van der Waals surface area contributed by atoms with Crippen molar-refractivity contribution in [1.29, 1.82) is 0 Å². The maximum Gasteiger partial charge on any atom is 0.228 e. The Labute approximate surface area is 79.0 Å². The van der Waals surface area contributed by atoms with Crippen LogP contribution in [0, 0.1) is 5.92 Å². The second kappa shape index (κ2) is 2.71. The van der Waals surface area contributed by atoms with E-state index in [9.17, 15) is 4.79 Å². The summed E-state index contributed by atoms with van der Waals surface area (Å²) in [6.45, 7) is 6.75. The molecular weight excluding hydrogens is 166 g/mol. The van der Waals surface area contributed by atoms with Crippen molar-refractivity contribution in [3.63, 3.8) is 0 Å². The molecule has 0 bridgehead atoms. The quantitative estimate of drug-likeness (QED) is 0.614. The van der Waals surface area contributed by atoms with Gasteiger partial charge in [-0.05, 0) is 26.7 Å². The number of hydrogen-bond acceptors (Lipinski definition) is 2. The van der Waals surface area contributed by atoms with Crippen molar-refractivity contribution in [1.82, 2.24) is 4.90 Å². The van der Waals surface area contributed by atoms with Gasteiger partial charge in [0.15, 0.2) is 0 Å². The van der Waals surface area contributed by atoms with E-state index in [1.54, 1.807) is 0 Å².